The van der Waals surface area contributed by atoms with Crippen molar-refractivity contribution in [2.45, 2.75) is 25.8 Å². The normalized spacial score (nSPS) is 17.4. The van der Waals surface area contributed by atoms with E-state index >= 15 is 0 Å². The fourth-order valence-electron chi connectivity index (χ4n) is 2.02. The Kier molecular flexibility index (Phi) is 3.19. The van der Waals surface area contributed by atoms with Crippen LogP contribution in [0.15, 0.2) is 0 Å². The number of esters is 1. The van der Waals surface area contributed by atoms with Crippen molar-refractivity contribution in [1.82, 2.24) is 20.3 Å². The first kappa shape index (κ1) is 11.1. The Balaban J connectivity index is 2.21. The van der Waals surface area contributed by atoms with Crippen molar-refractivity contribution in [3.8, 4) is 0 Å². The van der Waals surface area contributed by atoms with Crippen LogP contribution < -0.4 is 5.32 Å². The Morgan fingerprint density at radius 3 is 2.81 bits per heavy atom. The summed E-state index contributed by atoms with van der Waals surface area (Å²) in [5, 5.41) is 11.2. The number of aromatic nitrogens is 3. The lowest BCUT2D eigenvalue weighted by Gasteiger charge is -2.23. The van der Waals surface area contributed by atoms with Gasteiger partial charge in [-0.15, -0.1) is 5.10 Å². The maximum Gasteiger partial charge on any atom is 0.360 e. The molecule has 6 heteroatoms. The molecule has 2 heterocycles. The van der Waals surface area contributed by atoms with Gasteiger partial charge in [0.15, 0.2) is 5.69 Å². The first-order chi connectivity index (χ1) is 7.74. The molecule has 6 nitrogen and oxygen atoms in total. The molecule has 1 aliphatic rings. The van der Waals surface area contributed by atoms with E-state index in [1.54, 1.807) is 0 Å². The van der Waals surface area contributed by atoms with E-state index in [2.05, 4.69) is 20.4 Å². The van der Waals surface area contributed by atoms with Crippen LogP contribution in [-0.4, -0.2) is 41.2 Å². The molecule has 0 bridgehead atoms. The zero-order valence-electron chi connectivity index (χ0n) is 9.56. The summed E-state index contributed by atoms with van der Waals surface area (Å²) in [5.74, 6) is -0.419. The molecule has 1 aliphatic heterocycles. The monoisotopic (exact) mass is 224 g/mol. The second kappa shape index (κ2) is 4.61. The largest absolute Gasteiger partial charge is 0.464 e. The highest BCUT2D eigenvalue weighted by atomic mass is 16.5. The fourth-order valence-corrected chi connectivity index (χ4v) is 2.02. The van der Waals surface area contributed by atoms with Crippen molar-refractivity contribution in [2.75, 3.05) is 20.2 Å². The Morgan fingerprint density at radius 1 is 1.50 bits per heavy atom. The van der Waals surface area contributed by atoms with Crippen molar-refractivity contribution in [3.05, 3.63) is 11.4 Å². The predicted molar refractivity (Wildman–Crippen MR) is 57.2 cm³/mol. The van der Waals surface area contributed by atoms with Crippen LogP contribution in [0.2, 0.25) is 0 Å². The molecule has 1 aromatic rings. The van der Waals surface area contributed by atoms with E-state index in [-0.39, 0.29) is 0 Å². The zero-order valence-corrected chi connectivity index (χ0v) is 9.56. The second-order valence-corrected chi connectivity index (χ2v) is 3.94. The van der Waals surface area contributed by atoms with Gasteiger partial charge >= 0.3 is 5.97 Å². The first-order valence-corrected chi connectivity index (χ1v) is 5.45. The van der Waals surface area contributed by atoms with Crippen LogP contribution in [0.1, 0.15) is 35.1 Å². The van der Waals surface area contributed by atoms with Gasteiger partial charge in [-0.05, 0) is 32.9 Å². The van der Waals surface area contributed by atoms with Crippen LogP contribution in [0, 0.1) is 6.92 Å². The van der Waals surface area contributed by atoms with Crippen molar-refractivity contribution in [3.63, 3.8) is 0 Å². The molecule has 88 valence electrons. The van der Waals surface area contributed by atoms with Gasteiger partial charge in [-0.3, -0.25) is 0 Å². The van der Waals surface area contributed by atoms with Gasteiger partial charge in [0.1, 0.15) is 0 Å². The Bertz CT molecular complexity index is 382. The molecule has 0 saturated carbocycles. The average molecular weight is 224 g/mol. The number of rotatable bonds is 2. The van der Waals surface area contributed by atoms with Gasteiger partial charge in [0.2, 0.25) is 0 Å². The van der Waals surface area contributed by atoms with Crippen LogP contribution in [0.25, 0.3) is 0 Å². The van der Waals surface area contributed by atoms with Crippen LogP contribution in [0.3, 0.4) is 0 Å². The van der Waals surface area contributed by atoms with Crippen molar-refractivity contribution in [1.29, 1.82) is 0 Å². The molecule has 1 fully saturated rings. The number of nitrogens with one attached hydrogen (secondary N) is 1. The number of carbonyl (C=O) groups is 1. The smallest absolute Gasteiger partial charge is 0.360 e. The summed E-state index contributed by atoms with van der Waals surface area (Å²) in [6.07, 6.45) is 2.04. The third-order valence-corrected chi connectivity index (χ3v) is 2.96. The van der Waals surface area contributed by atoms with E-state index in [0.717, 1.165) is 31.6 Å². The molecule has 0 atom stereocenters. The van der Waals surface area contributed by atoms with Gasteiger partial charge in [0.25, 0.3) is 0 Å². The van der Waals surface area contributed by atoms with Crippen molar-refractivity contribution >= 4 is 5.97 Å². The Morgan fingerprint density at radius 2 is 2.19 bits per heavy atom. The van der Waals surface area contributed by atoms with E-state index in [4.69, 9.17) is 0 Å². The Labute approximate surface area is 94.0 Å². The molecule has 0 radical (unpaired) electrons. The SMILES string of the molecule is COC(=O)c1nnn(C2CCNCC2)c1C. The van der Waals surface area contributed by atoms with E-state index in [9.17, 15) is 4.79 Å². The minimum Gasteiger partial charge on any atom is -0.464 e. The molecular weight excluding hydrogens is 208 g/mol. The molecule has 0 amide bonds. The van der Waals surface area contributed by atoms with Crippen molar-refractivity contribution < 1.29 is 9.53 Å². The fraction of sp³-hybridized carbons (Fsp3) is 0.700. The van der Waals surface area contributed by atoms with Gasteiger partial charge < -0.3 is 10.1 Å². The molecule has 0 spiro atoms. The number of methoxy groups -OCH3 is 1. The number of ether oxygens (including phenoxy) is 1. The average Bonchev–Trinajstić information content (AvgIpc) is 2.71. The number of piperidine rings is 1. The number of nitrogens with zero attached hydrogens (tertiary/aromatic N) is 3. The standard InChI is InChI=1S/C10H16N4O2/c1-7-9(10(15)16-2)12-13-14(7)8-3-5-11-6-4-8/h8,11H,3-6H2,1-2H3. The summed E-state index contributed by atoms with van der Waals surface area (Å²) in [6, 6.07) is 0.340. The molecule has 0 aromatic carbocycles. The van der Waals surface area contributed by atoms with Crippen molar-refractivity contribution in [2.24, 2.45) is 0 Å². The van der Waals surface area contributed by atoms with Gasteiger partial charge in [-0.25, -0.2) is 9.48 Å². The van der Waals surface area contributed by atoms with E-state index in [1.165, 1.54) is 7.11 Å². The summed E-state index contributed by atoms with van der Waals surface area (Å²) in [4.78, 5) is 11.4. The third-order valence-electron chi connectivity index (χ3n) is 2.96. The quantitative estimate of drug-likeness (QED) is 0.732. The highest BCUT2D eigenvalue weighted by Crippen LogP contribution is 2.20. The molecule has 1 saturated heterocycles. The number of carbonyl (C=O) groups excluding carboxylic acids is 1. The highest BCUT2D eigenvalue weighted by molar-refractivity contribution is 5.88. The summed E-state index contributed by atoms with van der Waals surface area (Å²) in [5.41, 5.74) is 1.11. The lowest BCUT2D eigenvalue weighted by atomic mass is 10.1. The van der Waals surface area contributed by atoms with Crippen LogP contribution in [-0.2, 0) is 4.74 Å². The predicted octanol–water partition coefficient (Wildman–Crippen LogP) is 0.298. The molecular formula is C10H16N4O2. The summed E-state index contributed by atoms with van der Waals surface area (Å²) < 4.78 is 6.49. The molecule has 1 N–H and O–H groups in total. The second-order valence-electron chi connectivity index (χ2n) is 3.94. The molecule has 16 heavy (non-hydrogen) atoms. The van der Waals surface area contributed by atoms with Crippen LogP contribution in [0.4, 0.5) is 0 Å². The highest BCUT2D eigenvalue weighted by Gasteiger charge is 2.22. The van der Waals surface area contributed by atoms with E-state index in [0.29, 0.717) is 11.7 Å². The van der Waals surface area contributed by atoms with E-state index < -0.39 is 5.97 Å². The van der Waals surface area contributed by atoms with Gasteiger partial charge in [0, 0.05) is 0 Å². The summed E-state index contributed by atoms with van der Waals surface area (Å²) >= 11 is 0. The molecule has 1 aromatic heterocycles. The topological polar surface area (TPSA) is 69.0 Å². The maximum atomic E-state index is 11.4. The first-order valence-electron chi connectivity index (χ1n) is 5.45. The lowest BCUT2D eigenvalue weighted by Crippen LogP contribution is -2.30. The van der Waals surface area contributed by atoms with Gasteiger partial charge in [-0.1, -0.05) is 5.21 Å². The molecule has 0 unspecified atom stereocenters. The number of hydrogen-bond donors (Lipinski definition) is 1. The van der Waals surface area contributed by atoms with Crippen LogP contribution in [0.5, 0.6) is 0 Å². The number of hydrogen-bond acceptors (Lipinski definition) is 5. The zero-order chi connectivity index (χ0) is 11.5. The van der Waals surface area contributed by atoms with Gasteiger partial charge in [-0.2, -0.15) is 0 Å². The maximum absolute atomic E-state index is 11.4. The minimum absolute atomic E-state index is 0.320. The molecule has 0 aliphatic carbocycles. The minimum atomic E-state index is -0.419. The van der Waals surface area contributed by atoms with Gasteiger partial charge in [0.05, 0.1) is 18.8 Å². The Hall–Kier alpha value is -1.43. The van der Waals surface area contributed by atoms with E-state index in [1.807, 2.05) is 11.6 Å². The summed E-state index contributed by atoms with van der Waals surface area (Å²) in [6.45, 7) is 3.82. The molecule has 2 rings (SSSR count). The third kappa shape index (κ3) is 1.92. The van der Waals surface area contributed by atoms with Crippen LogP contribution >= 0.6 is 0 Å². The lowest BCUT2D eigenvalue weighted by molar-refractivity contribution is 0.0593. The summed E-state index contributed by atoms with van der Waals surface area (Å²) in [7, 11) is 1.35.